The van der Waals surface area contributed by atoms with Crippen LogP contribution in [0.4, 0.5) is 5.69 Å². The molecule has 2 aromatic carbocycles. The van der Waals surface area contributed by atoms with Crippen LogP contribution >= 0.6 is 11.8 Å². The van der Waals surface area contributed by atoms with E-state index in [1.165, 1.54) is 18.5 Å². The Morgan fingerprint density at radius 1 is 1.32 bits per heavy atom. The molecule has 0 bridgehead atoms. The van der Waals surface area contributed by atoms with Crippen molar-refractivity contribution in [2.75, 3.05) is 7.11 Å². The molecule has 1 aromatic heterocycles. The SMILES string of the molecule is COc1cccc(CNC(=O)c2ccc(Sc3nncn3C)c([N+](=O)[O-])c2)c1. The second-order valence-electron chi connectivity index (χ2n) is 5.80. The molecule has 0 aliphatic heterocycles. The second-order valence-corrected chi connectivity index (χ2v) is 6.81. The van der Waals surface area contributed by atoms with Crippen molar-refractivity contribution in [3.8, 4) is 5.75 Å². The number of ether oxygens (including phenoxy) is 1. The number of nitrogens with one attached hydrogen (secondary N) is 1. The van der Waals surface area contributed by atoms with Gasteiger partial charge in [-0.25, -0.2) is 0 Å². The van der Waals surface area contributed by atoms with Crippen molar-refractivity contribution in [1.29, 1.82) is 0 Å². The minimum Gasteiger partial charge on any atom is -0.497 e. The lowest BCUT2D eigenvalue weighted by Gasteiger charge is -2.08. The number of hydrogen-bond donors (Lipinski definition) is 1. The van der Waals surface area contributed by atoms with Gasteiger partial charge in [-0.3, -0.25) is 14.9 Å². The van der Waals surface area contributed by atoms with E-state index in [-0.39, 0.29) is 17.8 Å². The number of aryl methyl sites for hydroxylation is 1. The molecule has 3 rings (SSSR count). The quantitative estimate of drug-likeness (QED) is 0.480. The van der Waals surface area contributed by atoms with E-state index in [9.17, 15) is 14.9 Å². The summed E-state index contributed by atoms with van der Waals surface area (Å²) in [6.07, 6.45) is 1.51. The van der Waals surface area contributed by atoms with Crippen molar-refractivity contribution in [1.82, 2.24) is 20.1 Å². The summed E-state index contributed by atoms with van der Waals surface area (Å²) < 4.78 is 6.81. The third-order valence-electron chi connectivity index (χ3n) is 3.88. The van der Waals surface area contributed by atoms with Gasteiger partial charge in [0.05, 0.1) is 16.9 Å². The molecule has 0 saturated heterocycles. The highest BCUT2D eigenvalue weighted by atomic mass is 32.2. The molecule has 0 aliphatic carbocycles. The fraction of sp³-hybridized carbons (Fsp3) is 0.167. The summed E-state index contributed by atoms with van der Waals surface area (Å²) in [4.78, 5) is 23.8. The first-order chi connectivity index (χ1) is 13.5. The summed E-state index contributed by atoms with van der Waals surface area (Å²) in [6.45, 7) is 0.277. The number of hydrogen-bond acceptors (Lipinski definition) is 7. The summed E-state index contributed by atoms with van der Waals surface area (Å²) in [7, 11) is 3.31. The molecular weight excluding hydrogens is 382 g/mol. The van der Waals surface area contributed by atoms with Crippen LogP contribution in [0.3, 0.4) is 0 Å². The van der Waals surface area contributed by atoms with Gasteiger partial charge in [0.15, 0.2) is 5.16 Å². The van der Waals surface area contributed by atoms with Gasteiger partial charge in [-0.15, -0.1) is 10.2 Å². The lowest BCUT2D eigenvalue weighted by Crippen LogP contribution is -2.22. The minimum atomic E-state index is -0.516. The zero-order chi connectivity index (χ0) is 20.1. The molecule has 0 fully saturated rings. The summed E-state index contributed by atoms with van der Waals surface area (Å²) in [5.41, 5.74) is 0.899. The van der Waals surface area contributed by atoms with Gasteiger partial charge in [-0.2, -0.15) is 0 Å². The van der Waals surface area contributed by atoms with Crippen LogP contribution in [0.2, 0.25) is 0 Å². The van der Waals surface area contributed by atoms with Crippen LogP contribution in [0.15, 0.2) is 58.8 Å². The number of carbonyl (C=O) groups excluding carboxylic acids is 1. The summed E-state index contributed by atoms with van der Waals surface area (Å²) in [5.74, 6) is 0.286. The number of benzene rings is 2. The Labute approximate surface area is 164 Å². The third kappa shape index (κ3) is 4.46. The monoisotopic (exact) mass is 399 g/mol. The maximum absolute atomic E-state index is 12.4. The van der Waals surface area contributed by atoms with E-state index < -0.39 is 10.8 Å². The van der Waals surface area contributed by atoms with E-state index in [1.54, 1.807) is 24.8 Å². The van der Waals surface area contributed by atoms with E-state index in [1.807, 2.05) is 24.3 Å². The van der Waals surface area contributed by atoms with Gasteiger partial charge >= 0.3 is 0 Å². The Balaban J connectivity index is 1.76. The first-order valence-corrected chi connectivity index (χ1v) is 9.01. The summed E-state index contributed by atoms with van der Waals surface area (Å²) >= 11 is 1.11. The topological polar surface area (TPSA) is 112 Å². The van der Waals surface area contributed by atoms with Crippen LogP contribution in [0.1, 0.15) is 15.9 Å². The molecule has 9 nitrogen and oxygen atoms in total. The van der Waals surface area contributed by atoms with E-state index in [4.69, 9.17) is 4.74 Å². The number of nitrogens with zero attached hydrogens (tertiary/aromatic N) is 4. The largest absolute Gasteiger partial charge is 0.497 e. The fourth-order valence-corrected chi connectivity index (χ4v) is 3.27. The summed E-state index contributed by atoms with van der Waals surface area (Å²) in [5, 5.41) is 22.4. The smallest absolute Gasteiger partial charge is 0.284 e. The predicted molar refractivity (Wildman–Crippen MR) is 102 cm³/mol. The van der Waals surface area contributed by atoms with Crippen molar-refractivity contribution >= 4 is 23.4 Å². The van der Waals surface area contributed by atoms with Crippen molar-refractivity contribution in [2.24, 2.45) is 7.05 Å². The Bertz CT molecular complexity index is 1020. The first-order valence-electron chi connectivity index (χ1n) is 8.19. The average molecular weight is 399 g/mol. The van der Waals surface area contributed by atoms with Crippen LogP contribution in [0, 0.1) is 10.1 Å². The highest BCUT2D eigenvalue weighted by Crippen LogP contribution is 2.34. The van der Waals surface area contributed by atoms with Crippen molar-refractivity contribution in [3.63, 3.8) is 0 Å². The molecule has 0 radical (unpaired) electrons. The number of amides is 1. The Morgan fingerprint density at radius 3 is 2.82 bits per heavy atom. The molecule has 3 aromatic rings. The van der Waals surface area contributed by atoms with Crippen LogP contribution in [0.25, 0.3) is 0 Å². The molecule has 1 N–H and O–H groups in total. The molecule has 0 atom stereocenters. The van der Waals surface area contributed by atoms with Crippen LogP contribution in [-0.4, -0.2) is 32.7 Å². The van der Waals surface area contributed by atoms with Crippen molar-refractivity contribution in [3.05, 3.63) is 70.0 Å². The van der Waals surface area contributed by atoms with Crippen LogP contribution in [0.5, 0.6) is 5.75 Å². The highest BCUT2D eigenvalue weighted by Gasteiger charge is 2.20. The number of nitro groups is 1. The summed E-state index contributed by atoms with van der Waals surface area (Å²) in [6, 6.07) is 11.6. The second kappa shape index (κ2) is 8.53. The molecular formula is C18H17N5O4S. The maximum Gasteiger partial charge on any atom is 0.284 e. The minimum absolute atomic E-state index is 0.165. The lowest BCUT2D eigenvalue weighted by atomic mass is 10.1. The number of rotatable bonds is 7. The Kier molecular flexibility index (Phi) is 5.90. The molecule has 28 heavy (non-hydrogen) atoms. The van der Waals surface area contributed by atoms with Gasteiger partial charge in [0.25, 0.3) is 11.6 Å². The third-order valence-corrected chi connectivity index (χ3v) is 4.99. The zero-order valence-corrected chi connectivity index (χ0v) is 16.0. The Hall–Kier alpha value is -3.40. The highest BCUT2D eigenvalue weighted by molar-refractivity contribution is 7.99. The molecule has 0 unspecified atom stereocenters. The molecule has 10 heteroatoms. The average Bonchev–Trinajstić information content (AvgIpc) is 3.11. The number of carbonyl (C=O) groups is 1. The maximum atomic E-state index is 12.4. The van der Waals surface area contributed by atoms with Gasteiger partial charge < -0.3 is 14.6 Å². The number of methoxy groups -OCH3 is 1. The molecule has 144 valence electrons. The Morgan fingerprint density at radius 2 is 2.14 bits per heavy atom. The standard InChI is InChI=1S/C18H17N5O4S/c1-22-11-20-21-18(22)28-16-7-6-13(9-15(16)23(25)26)17(24)19-10-12-4-3-5-14(8-12)27-2/h3-9,11H,10H2,1-2H3,(H,19,24). The molecule has 1 amide bonds. The van der Waals surface area contributed by atoms with Gasteiger partial charge in [-0.1, -0.05) is 12.1 Å². The van der Waals surface area contributed by atoms with Crippen LogP contribution < -0.4 is 10.1 Å². The van der Waals surface area contributed by atoms with Gasteiger partial charge in [-0.05, 0) is 41.6 Å². The lowest BCUT2D eigenvalue weighted by molar-refractivity contribution is -0.387. The van der Waals surface area contributed by atoms with Gasteiger partial charge in [0, 0.05) is 25.2 Å². The van der Waals surface area contributed by atoms with E-state index in [2.05, 4.69) is 15.5 Å². The number of nitro benzene ring substituents is 1. The molecule has 0 saturated carbocycles. The zero-order valence-electron chi connectivity index (χ0n) is 15.2. The van der Waals surface area contributed by atoms with Gasteiger partial charge in [0.2, 0.25) is 0 Å². The van der Waals surface area contributed by atoms with E-state index in [0.29, 0.717) is 15.8 Å². The number of aromatic nitrogens is 3. The van der Waals surface area contributed by atoms with E-state index in [0.717, 1.165) is 17.3 Å². The molecule has 1 heterocycles. The predicted octanol–water partition coefficient (Wildman–Crippen LogP) is 2.81. The first kappa shape index (κ1) is 19.4. The molecule has 0 spiro atoms. The fourth-order valence-electron chi connectivity index (χ4n) is 2.42. The van der Waals surface area contributed by atoms with Crippen LogP contribution in [-0.2, 0) is 13.6 Å². The normalized spacial score (nSPS) is 10.5. The van der Waals surface area contributed by atoms with Crippen molar-refractivity contribution in [2.45, 2.75) is 16.6 Å². The van der Waals surface area contributed by atoms with Crippen molar-refractivity contribution < 1.29 is 14.5 Å². The van der Waals surface area contributed by atoms with E-state index >= 15 is 0 Å². The van der Waals surface area contributed by atoms with Gasteiger partial charge in [0.1, 0.15) is 12.1 Å². The molecule has 0 aliphatic rings.